The van der Waals surface area contributed by atoms with Gasteiger partial charge in [0.05, 0.1) is 17.3 Å². The third-order valence-electron chi connectivity index (χ3n) is 8.12. The smallest absolute Gasteiger partial charge is 0.168 e. The minimum absolute atomic E-state index is 0.0198. The predicted molar refractivity (Wildman–Crippen MR) is 162 cm³/mol. The summed E-state index contributed by atoms with van der Waals surface area (Å²) in [6.45, 7) is 20.0. The highest BCUT2D eigenvalue weighted by Crippen LogP contribution is 2.40. The average molecular weight is 557 g/mol. The van der Waals surface area contributed by atoms with Crippen LogP contribution in [0.5, 0.6) is 0 Å². The van der Waals surface area contributed by atoms with Gasteiger partial charge in [-0.3, -0.25) is 4.79 Å². The van der Waals surface area contributed by atoms with Crippen molar-refractivity contribution in [2.24, 2.45) is 17.8 Å². The molecule has 0 saturated heterocycles. The number of allylic oxidation sites excluding steroid dienone is 3. The van der Waals surface area contributed by atoms with Crippen LogP contribution < -0.4 is 4.90 Å². The van der Waals surface area contributed by atoms with Gasteiger partial charge in [0.1, 0.15) is 0 Å². The van der Waals surface area contributed by atoms with Crippen LogP contribution in [0.3, 0.4) is 0 Å². The van der Waals surface area contributed by atoms with E-state index in [1.54, 1.807) is 0 Å². The van der Waals surface area contributed by atoms with Crippen molar-refractivity contribution in [1.82, 2.24) is 0 Å². The van der Waals surface area contributed by atoms with Gasteiger partial charge in [0, 0.05) is 16.1 Å². The highest BCUT2D eigenvalue weighted by atomic mass is 79.9. The summed E-state index contributed by atoms with van der Waals surface area (Å²) in [5.41, 5.74) is 5.76. The molecule has 1 aromatic rings. The van der Waals surface area contributed by atoms with Gasteiger partial charge in [0.25, 0.3) is 0 Å². The van der Waals surface area contributed by atoms with Crippen molar-refractivity contribution in [1.29, 1.82) is 0 Å². The topological polar surface area (TPSA) is 20.3 Å². The monoisotopic (exact) mass is 555 g/mol. The summed E-state index contributed by atoms with van der Waals surface area (Å²) in [5.74, 6) is 1.16. The van der Waals surface area contributed by atoms with E-state index in [1.165, 1.54) is 49.7 Å². The molecule has 0 aliphatic heterocycles. The minimum atomic E-state index is -0.0198. The number of unbranched alkanes of at least 4 members (excludes halogenated alkanes) is 2. The number of nitrogens with zero attached hydrogens (tertiary/aromatic N) is 1. The van der Waals surface area contributed by atoms with Crippen LogP contribution in [0.25, 0.3) is 0 Å². The zero-order valence-electron chi connectivity index (χ0n) is 24.0. The lowest BCUT2D eigenvalue weighted by molar-refractivity contribution is 0.0927. The molecule has 2 rings (SSSR count). The van der Waals surface area contributed by atoms with Gasteiger partial charge in [-0.1, -0.05) is 97.6 Å². The maximum atomic E-state index is 13.6. The van der Waals surface area contributed by atoms with E-state index in [-0.39, 0.29) is 17.7 Å². The Kier molecular flexibility index (Phi) is 12.7. The third-order valence-corrected chi connectivity index (χ3v) is 8.78. The molecule has 2 nitrogen and oxygen atoms in total. The fourth-order valence-electron chi connectivity index (χ4n) is 5.30. The maximum absolute atomic E-state index is 13.6. The molecule has 0 radical (unpaired) electrons. The molecule has 0 heterocycles. The number of Topliss-reactive ketones (excluding diaryl/α,β-unsaturated/α-hetero) is 1. The van der Waals surface area contributed by atoms with Gasteiger partial charge in [0.15, 0.2) is 5.78 Å². The zero-order chi connectivity index (χ0) is 26.8. The quantitative estimate of drug-likeness (QED) is 0.158. The van der Waals surface area contributed by atoms with Crippen molar-refractivity contribution in [3.8, 4) is 0 Å². The Hall–Kier alpha value is -1.61. The van der Waals surface area contributed by atoms with Crippen molar-refractivity contribution in [2.45, 2.75) is 112 Å². The molecule has 1 aliphatic rings. The second-order valence-corrected chi connectivity index (χ2v) is 11.7. The molecule has 3 heteroatoms. The molecule has 1 aromatic carbocycles. The van der Waals surface area contributed by atoms with E-state index in [1.807, 2.05) is 13.0 Å². The fourth-order valence-corrected chi connectivity index (χ4v) is 5.85. The molecule has 200 valence electrons. The van der Waals surface area contributed by atoms with E-state index >= 15 is 0 Å². The van der Waals surface area contributed by atoms with Gasteiger partial charge in [-0.15, -0.1) is 0 Å². The average Bonchev–Trinajstić information content (AvgIpc) is 2.87. The lowest BCUT2D eigenvalue weighted by Gasteiger charge is -2.40. The van der Waals surface area contributed by atoms with Crippen LogP contribution in [-0.4, -0.2) is 11.8 Å². The Labute approximate surface area is 230 Å². The van der Waals surface area contributed by atoms with E-state index in [4.69, 9.17) is 0 Å². The van der Waals surface area contributed by atoms with Crippen LogP contribution in [0.4, 0.5) is 5.69 Å². The van der Waals surface area contributed by atoms with Crippen LogP contribution in [0.15, 0.2) is 58.2 Å². The number of anilines is 1. The zero-order valence-corrected chi connectivity index (χ0v) is 25.6. The highest BCUT2D eigenvalue weighted by Gasteiger charge is 2.32. The normalized spacial score (nSPS) is 18.2. The first kappa shape index (κ1) is 30.6. The molecule has 0 bridgehead atoms. The molecule has 0 aromatic heterocycles. The van der Waals surface area contributed by atoms with Gasteiger partial charge < -0.3 is 4.90 Å². The number of carbonyl (C=O) groups excluding carboxylic acids is 1. The van der Waals surface area contributed by atoms with Crippen LogP contribution in [0.2, 0.25) is 0 Å². The Morgan fingerprint density at radius 3 is 2.33 bits per heavy atom. The minimum Gasteiger partial charge on any atom is -0.337 e. The lowest BCUT2D eigenvalue weighted by atomic mass is 9.82. The van der Waals surface area contributed by atoms with Crippen molar-refractivity contribution in [2.75, 3.05) is 4.90 Å². The number of carbonyl (C=O) groups is 1. The first-order chi connectivity index (χ1) is 17.2. The Bertz CT molecular complexity index is 943. The number of ketones is 1. The van der Waals surface area contributed by atoms with E-state index in [2.05, 4.69) is 93.2 Å². The second kappa shape index (κ2) is 15.0. The number of benzene rings is 1. The summed E-state index contributed by atoms with van der Waals surface area (Å²) in [7, 11) is 0. The third kappa shape index (κ3) is 7.46. The van der Waals surface area contributed by atoms with Gasteiger partial charge in [0.2, 0.25) is 0 Å². The van der Waals surface area contributed by atoms with Crippen LogP contribution >= 0.6 is 15.9 Å². The van der Waals surface area contributed by atoms with Crippen molar-refractivity contribution in [3.63, 3.8) is 0 Å². The lowest BCUT2D eigenvalue weighted by Crippen LogP contribution is -2.39. The van der Waals surface area contributed by atoms with Crippen LogP contribution in [-0.2, 0) is 0 Å². The molecule has 4 unspecified atom stereocenters. The van der Waals surface area contributed by atoms with Crippen LogP contribution in [0.1, 0.15) is 117 Å². The summed E-state index contributed by atoms with van der Waals surface area (Å²) >= 11 is 3.73. The van der Waals surface area contributed by atoms with E-state index < -0.39 is 0 Å². The Balaban J connectivity index is 2.52. The van der Waals surface area contributed by atoms with Gasteiger partial charge in [-0.05, 0) is 84.5 Å². The maximum Gasteiger partial charge on any atom is 0.168 e. The highest BCUT2D eigenvalue weighted by molar-refractivity contribution is 9.10. The van der Waals surface area contributed by atoms with E-state index in [9.17, 15) is 4.79 Å². The fraction of sp³-hybridized carbons (Fsp3) is 0.606. The molecule has 0 N–H and O–H groups in total. The summed E-state index contributed by atoms with van der Waals surface area (Å²) in [5, 5.41) is 0. The first-order valence-electron chi connectivity index (χ1n) is 14.4. The summed E-state index contributed by atoms with van der Waals surface area (Å²) in [4.78, 5) is 16.0. The molecular weight excluding hydrogens is 506 g/mol. The SMILES string of the molecule is C=C(C(C)CC)N(c1cccc(Br)c1C(=O)C(C)CC)C1CC=C(C(CCC)CCCCC)C=C1C. The van der Waals surface area contributed by atoms with Crippen LogP contribution in [0, 0.1) is 17.8 Å². The molecule has 0 spiro atoms. The molecular formula is C33H50BrNO. The van der Waals surface area contributed by atoms with Crippen molar-refractivity contribution >= 4 is 27.4 Å². The largest absolute Gasteiger partial charge is 0.337 e. The standard InChI is InChI=1S/C33H50BrNO/c1-9-13-14-17-27(16-10-2)28-20-21-30(25(7)22-28)35(26(8)23(5)11-3)31-19-15-18-29(34)32(31)33(36)24(6)12-4/h15,18-20,22-24,27,30H,8-14,16-17,21H2,1-7H3. The number of hydrogen-bond donors (Lipinski definition) is 0. The number of halogens is 1. The number of rotatable bonds is 15. The van der Waals surface area contributed by atoms with Gasteiger partial charge in [-0.25, -0.2) is 0 Å². The van der Waals surface area contributed by atoms with Gasteiger partial charge in [-0.2, -0.15) is 0 Å². The predicted octanol–water partition coefficient (Wildman–Crippen LogP) is 10.7. The Morgan fingerprint density at radius 1 is 1.06 bits per heavy atom. The van der Waals surface area contributed by atoms with Crippen molar-refractivity contribution in [3.05, 3.63) is 63.8 Å². The first-order valence-corrected chi connectivity index (χ1v) is 15.2. The molecule has 0 amide bonds. The molecule has 0 fully saturated rings. The number of hydrogen-bond acceptors (Lipinski definition) is 2. The summed E-state index contributed by atoms with van der Waals surface area (Å²) in [6, 6.07) is 6.34. The van der Waals surface area contributed by atoms with E-state index in [0.717, 1.165) is 40.7 Å². The second-order valence-electron chi connectivity index (χ2n) is 10.8. The Morgan fingerprint density at radius 2 is 1.75 bits per heavy atom. The molecule has 36 heavy (non-hydrogen) atoms. The van der Waals surface area contributed by atoms with E-state index in [0.29, 0.717) is 11.8 Å². The molecule has 0 saturated carbocycles. The molecule has 4 atom stereocenters. The van der Waals surface area contributed by atoms with Gasteiger partial charge >= 0.3 is 0 Å². The van der Waals surface area contributed by atoms with Crippen molar-refractivity contribution < 1.29 is 4.79 Å². The molecule has 1 aliphatic carbocycles. The summed E-state index contributed by atoms with van der Waals surface area (Å²) in [6.07, 6.45) is 15.4. The summed E-state index contributed by atoms with van der Waals surface area (Å²) < 4.78 is 0.875.